The molecule has 176 valence electrons. The average molecular weight is 490 g/mol. The third-order valence-electron chi connectivity index (χ3n) is 5.51. The van der Waals surface area contributed by atoms with Crippen LogP contribution < -0.4 is 4.72 Å². The number of benzene rings is 1. The predicted molar refractivity (Wildman–Crippen MR) is 127 cm³/mol. The standard InChI is InChI=1S/C22H27N5O4S2/c1-16-6-3-4-12-26(16)20(28)15-32-22-24-23-21(27(22)14-19-7-5-13-31-19)17-8-10-18(11-9-17)25-33(2,29)30/h5,7-11,13,16,25H,3-4,6,12,14-15H2,1-2H3/t16-/m0/s1. The molecule has 0 bridgehead atoms. The van der Waals surface area contributed by atoms with Crippen molar-refractivity contribution < 1.29 is 17.6 Å². The van der Waals surface area contributed by atoms with Gasteiger partial charge in [0.15, 0.2) is 11.0 Å². The number of hydrogen-bond donors (Lipinski definition) is 1. The summed E-state index contributed by atoms with van der Waals surface area (Å²) >= 11 is 1.36. The van der Waals surface area contributed by atoms with Gasteiger partial charge in [-0.3, -0.25) is 14.1 Å². The monoisotopic (exact) mass is 489 g/mol. The van der Waals surface area contributed by atoms with Gasteiger partial charge >= 0.3 is 0 Å². The minimum atomic E-state index is -3.36. The molecular formula is C22H27N5O4S2. The third-order valence-corrected chi connectivity index (χ3v) is 7.06. The van der Waals surface area contributed by atoms with Crippen molar-refractivity contribution in [2.75, 3.05) is 23.3 Å². The molecule has 2 aromatic heterocycles. The number of sulfonamides is 1. The van der Waals surface area contributed by atoms with Crippen molar-refractivity contribution in [3.05, 3.63) is 48.4 Å². The number of furan rings is 1. The highest BCUT2D eigenvalue weighted by molar-refractivity contribution is 7.99. The molecule has 1 aromatic carbocycles. The van der Waals surface area contributed by atoms with Gasteiger partial charge in [0.2, 0.25) is 15.9 Å². The van der Waals surface area contributed by atoms with Crippen LogP contribution >= 0.6 is 11.8 Å². The fraction of sp³-hybridized carbons (Fsp3) is 0.409. The molecular weight excluding hydrogens is 462 g/mol. The van der Waals surface area contributed by atoms with Crippen molar-refractivity contribution in [1.29, 1.82) is 0 Å². The Kier molecular flexibility index (Phi) is 7.08. The number of nitrogens with zero attached hydrogens (tertiary/aromatic N) is 4. The summed E-state index contributed by atoms with van der Waals surface area (Å²) in [5.74, 6) is 1.75. The maximum Gasteiger partial charge on any atom is 0.233 e. The van der Waals surface area contributed by atoms with E-state index in [0.717, 1.165) is 43.4 Å². The zero-order chi connectivity index (χ0) is 23.4. The zero-order valence-electron chi connectivity index (χ0n) is 18.6. The van der Waals surface area contributed by atoms with Crippen LogP contribution in [0.4, 0.5) is 5.69 Å². The first-order chi connectivity index (χ1) is 15.8. The van der Waals surface area contributed by atoms with Crippen LogP contribution in [0, 0.1) is 0 Å². The predicted octanol–water partition coefficient (Wildman–Crippen LogP) is 3.45. The van der Waals surface area contributed by atoms with Crippen molar-refractivity contribution >= 4 is 33.4 Å². The first kappa shape index (κ1) is 23.4. The van der Waals surface area contributed by atoms with E-state index in [2.05, 4.69) is 21.8 Å². The van der Waals surface area contributed by atoms with Gasteiger partial charge in [0.1, 0.15) is 5.76 Å². The number of hydrogen-bond acceptors (Lipinski definition) is 7. The van der Waals surface area contributed by atoms with Crippen LogP contribution in [0.3, 0.4) is 0 Å². The molecule has 4 rings (SSSR count). The minimum absolute atomic E-state index is 0.109. The number of anilines is 1. The number of piperidine rings is 1. The lowest BCUT2D eigenvalue weighted by Crippen LogP contribution is -2.43. The summed E-state index contributed by atoms with van der Waals surface area (Å²) in [5.41, 5.74) is 1.24. The molecule has 0 spiro atoms. The van der Waals surface area contributed by atoms with Gasteiger partial charge in [-0.15, -0.1) is 10.2 Å². The quantitative estimate of drug-likeness (QED) is 0.483. The van der Waals surface area contributed by atoms with E-state index in [4.69, 9.17) is 4.42 Å². The van der Waals surface area contributed by atoms with Crippen molar-refractivity contribution in [3.8, 4) is 11.4 Å². The number of thioether (sulfide) groups is 1. The van der Waals surface area contributed by atoms with Crippen molar-refractivity contribution in [2.45, 2.75) is 43.9 Å². The Hall–Kier alpha value is -2.79. The van der Waals surface area contributed by atoms with E-state index in [1.807, 2.05) is 21.6 Å². The molecule has 11 heteroatoms. The molecule has 1 atom stereocenters. The molecule has 1 fully saturated rings. The van der Waals surface area contributed by atoms with Gasteiger partial charge < -0.3 is 9.32 Å². The molecule has 0 aliphatic carbocycles. The van der Waals surface area contributed by atoms with Gasteiger partial charge in [-0.2, -0.15) is 0 Å². The Morgan fingerprint density at radius 3 is 2.67 bits per heavy atom. The van der Waals surface area contributed by atoms with Crippen LogP contribution in [0.5, 0.6) is 0 Å². The van der Waals surface area contributed by atoms with E-state index in [9.17, 15) is 13.2 Å². The van der Waals surface area contributed by atoms with Gasteiger partial charge in [-0.05, 0) is 62.6 Å². The summed E-state index contributed by atoms with van der Waals surface area (Å²) in [6.07, 6.45) is 5.97. The second kappa shape index (κ2) is 10.0. The number of aromatic nitrogens is 3. The highest BCUT2D eigenvalue weighted by Crippen LogP contribution is 2.27. The Labute approximate surface area is 197 Å². The molecule has 1 saturated heterocycles. The van der Waals surface area contributed by atoms with Gasteiger partial charge in [-0.25, -0.2) is 8.42 Å². The van der Waals surface area contributed by atoms with Crippen LogP contribution in [0.25, 0.3) is 11.4 Å². The molecule has 1 aliphatic heterocycles. The average Bonchev–Trinajstić information content (AvgIpc) is 3.42. The number of likely N-dealkylation sites (tertiary alicyclic amines) is 1. The summed E-state index contributed by atoms with van der Waals surface area (Å²) in [7, 11) is -3.36. The normalized spacial score (nSPS) is 16.7. The lowest BCUT2D eigenvalue weighted by molar-refractivity contribution is -0.131. The third kappa shape index (κ3) is 5.97. The van der Waals surface area contributed by atoms with Crippen LogP contribution in [-0.2, 0) is 21.4 Å². The maximum absolute atomic E-state index is 12.8. The van der Waals surface area contributed by atoms with Gasteiger partial charge in [0.25, 0.3) is 0 Å². The molecule has 0 radical (unpaired) electrons. The number of rotatable bonds is 8. The Balaban J connectivity index is 1.56. The number of amides is 1. The lowest BCUT2D eigenvalue weighted by atomic mass is 10.0. The van der Waals surface area contributed by atoms with E-state index in [-0.39, 0.29) is 17.7 Å². The number of carbonyl (C=O) groups excluding carboxylic acids is 1. The Morgan fingerprint density at radius 2 is 2.00 bits per heavy atom. The number of carbonyl (C=O) groups is 1. The Morgan fingerprint density at radius 1 is 1.21 bits per heavy atom. The summed E-state index contributed by atoms with van der Waals surface area (Å²) in [6, 6.07) is 10.9. The van der Waals surface area contributed by atoms with Crippen molar-refractivity contribution in [1.82, 2.24) is 19.7 Å². The highest BCUT2D eigenvalue weighted by Gasteiger charge is 2.24. The molecule has 1 N–H and O–H groups in total. The van der Waals surface area contributed by atoms with Crippen LogP contribution in [-0.4, -0.2) is 58.6 Å². The second-order valence-corrected chi connectivity index (χ2v) is 10.8. The lowest BCUT2D eigenvalue weighted by Gasteiger charge is -2.33. The second-order valence-electron chi connectivity index (χ2n) is 8.14. The molecule has 0 unspecified atom stereocenters. The van der Waals surface area contributed by atoms with Gasteiger partial charge in [0, 0.05) is 23.8 Å². The maximum atomic E-state index is 12.8. The Bertz CT molecular complexity index is 1190. The molecule has 3 heterocycles. The molecule has 33 heavy (non-hydrogen) atoms. The highest BCUT2D eigenvalue weighted by atomic mass is 32.2. The molecule has 9 nitrogen and oxygen atoms in total. The van der Waals surface area contributed by atoms with Gasteiger partial charge in [-0.1, -0.05) is 11.8 Å². The molecule has 3 aromatic rings. The largest absolute Gasteiger partial charge is 0.467 e. The topological polar surface area (TPSA) is 110 Å². The molecule has 0 saturated carbocycles. The SMILES string of the molecule is C[C@H]1CCCCN1C(=O)CSc1nnc(-c2ccc(NS(C)(=O)=O)cc2)n1Cc1ccco1. The smallest absolute Gasteiger partial charge is 0.233 e. The van der Waals surface area contributed by atoms with Crippen LogP contribution in [0.2, 0.25) is 0 Å². The van der Waals surface area contributed by atoms with E-state index in [0.29, 0.717) is 23.2 Å². The van der Waals surface area contributed by atoms with E-state index < -0.39 is 10.0 Å². The van der Waals surface area contributed by atoms with E-state index >= 15 is 0 Å². The fourth-order valence-corrected chi connectivity index (χ4v) is 5.28. The first-order valence-corrected chi connectivity index (χ1v) is 13.6. The van der Waals surface area contributed by atoms with Crippen LogP contribution in [0.1, 0.15) is 31.9 Å². The van der Waals surface area contributed by atoms with E-state index in [1.165, 1.54) is 11.8 Å². The van der Waals surface area contributed by atoms with E-state index in [1.54, 1.807) is 30.5 Å². The summed E-state index contributed by atoms with van der Waals surface area (Å²) in [6.45, 7) is 3.32. The first-order valence-electron chi connectivity index (χ1n) is 10.8. The zero-order valence-corrected chi connectivity index (χ0v) is 20.2. The summed E-state index contributed by atoms with van der Waals surface area (Å²) in [5, 5.41) is 9.33. The molecule has 1 aliphatic rings. The fourth-order valence-electron chi connectivity index (χ4n) is 3.89. The number of nitrogens with one attached hydrogen (secondary N) is 1. The summed E-state index contributed by atoms with van der Waals surface area (Å²) < 4.78 is 32.8. The summed E-state index contributed by atoms with van der Waals surface area (Å²) in [4.78, 5) is 14.8. The molecule has 1 amide bonds. The van der Waals surface area contributed by atoms with Crippen molar-refractivity contribution in [3.63, 3.8) is 0 Å². The van der Waals surface area contributed by atoms with Gasteiger partial charge in [0.05, 0.1) is 24.8 Å². The van der Waals surface area contributed by atoms with Crippen LogP contribution in [0.15, 0.2) is 52.2 Å². The van der Waals surface area contributed by atoms with Crippen molar-refractivity contribution in [2.24, 2.45) is 0 Å². The minimum Gasteiger partial charge on any atom is -0.467 e.